The van der Waals surface area contributed by atoms with E-state index < -0.39 is 16.8 Å². The minimum atomic E-state index is -0.748. The molecule has 0 bridgehead atoms. The Labute approximate surface area is 118 Å². The highest BCUT2D eigenvalue weighted by atomic mass is 35.5. The average Bonchev–Trinajstić information content (AvgIpc) is 2.38. The number of carbonyl (C=O) groups is 2. The third-order valence-corrected chi connectivity index (χ3v) is 2.98. The second-order valence-corrected chi connectivity index (χ2v) is 4.58. The van der Waals surface area contributed by atoms with Gasteiger partial charge in [0.15, 0.2) is 5.78 Å². The van der Waals surface area contributed by atoms with E-state index in [0.29, 0.717) is 5.02 Å². The fourth-order valence-electron chi connectivity index (χ4n) is 1.63. The zero-order valence-corrected chi connectivity index (χ0v) is 11.0. The van der Waals surface area contributed by atoms with Gasteiger partial charge in [0, 0.05) is 21.7 Å². The van der Waals surface area contributed by atoms with E-state index in [2.05, 4.69) is 0 Å². The van der Waals surface area contributed by atoms with Crippen LogP contribution in [0.3, 0.4) is 0 Å². The first kappa shape index (κ1) is 13.7. The van der Waals surface area contributed by atoms with Crippen molar-refractivity contribution >= 4 is 34.2 Å². The van der Waals surface area contributed by atoms with Crippen LogP contribution in [0, 0.1) is 5.82 Å². The lowest BCUT2D eigenvalue weighted by Crippen LogP contribution is -2.07. The first-order valence-corrected chi connectivity index (χ1v) is 6.04. The van der Waals surface area contributed by atoms with Crippen LogP contribution in [-0.2, 0) is 0 Å². The predicted molar refractivity (Wildman–Crippen MR) is 71.5 cm³/mol. The number of hydrogen-bond acceptors (Lipinski definition) is 2. The van der Waals surface area contributed by atoms with Gasteiger partial charge in [0.2, 0.25) is 0 Å². The van der Waals surface area contributed by atoms with Crippen LogP contribution >= 0.6 is 23.2 Å². The summed E-state index contributed by atoms with van der Waals surface area (Å²) in [5.41, 5.74) is 0.419. The van der Waals surface area contributed by atoms with Gasteiger partial charge in [-0.1, -0.05) is 11.6 Å². The second-order valence-electron chi connectivity index (χ2n) is 3.80. The Morgan fingerprint density at radius 2 is 1.58 bits per heavy atom. The molecule has 2 aromatic rings. The number of hydrogen-bond donors (Lipinski definition) is 0. The molecule has 19 heavy (non-hydrogen) atoms. The number of halogens is 3. The fraction of sp³-hybridized carbons (Fsp3) is 0. The Morgan fingerprint density at radius 3 is 2.16 bits per heavy atom. The van der Waals surface area contributed by atoms with Gasteiger partial charge in [-0.2, -0.15) is 0 Å². The molecule has 0 saturated heterocycles. The summed E-state index contributed by atoms with van der Waals surface area (Å²) in [6.45, 7) is 0. The second kappa shape index (κ2) is 5.51. The number of rotatable bonds is 3. The van der Waals surface area contributed by atoms with Crippen LogP contribution in [0.25, 0.3) is 0 Å². The molecule has 2 aromatic carbocycles. The molecule has 0 fully saturated rings. The monoisotopic (exact) mass is 296 g/mol. The Morgan fingerprint density at radius 1 is 0.947 bits per heavy atom. The lowest BCUT2D eigenvalue weighted by Gasteiger charge is -2.06. The molecule has 0 amide bonds. The van der Waals surface area contributed by atoms with Gasteiger partial charge < -0.3 is 0 Å². The molecule has 0 saturated carbocycles. The van der Waals surface area contributed by atoms with E-state index in [1.54, 1.807) is 0 Å². The molecule has 0 aliphatic carbocycles. The largest absolute Gasteiger partial charge is 0.289 e. The maximum atomic E-state index is 12.8. The highest BCUT2D eigenvalue weighted by Crippen LogP contribution is 2.21. The topological polar surface area (TPSA) is 34.1 Å². The molecule has 0 unspecified atom stereocenters. The fourth-order valence-corrected chi connectivity index (χ4v) is 1.97. The quantitative estimate of drug-likeness (QED) is 0.631. The predicted octanol–water partition coefficient (Wildman–Crippen LogP) is 4.09. The molecule has 5 heteroatoms. The standard InChI is InChI=1S/C14H7Cl2FO2/c15-9-3-6-11(14(16)19)12(7-9)13(18)8-1-4-10(17)5-2-8/h1-7H. The zero-order valence-electron chi connectivity index (χ0n) is 9.49. The summed E-state index contributed by atoms with van der Waals surface area (Å²) in [5.74, 6) is -0.886. The third kappa shape index (κ3) is 3.00. The normalized spacial score (nSPS) is 10.3. The molecule has 0 aromatic heterocycles. The van der Waals surface area contributed by atoms with E-state index in [1.165, 1.54) is 42.5 Å². The SMILES string of the molecule is O=C(Cl)c1ccc(Cl)cc1C(=O)c1ccc(F)cc1. The summed E-state index contributed by atoms with van der Waals surface area (Å²) in [4.78, 5) is 23.5. The summed E-state index contributed by atoms with van der Waals surface area (Å²) < 4.78 is 12.8. The van der Waals surface area contributed by atoms with Gasteiger partial charge in [-0.3, -0.25) is 9.59 Å². The maximum Gasteiger partial charge on any atom is 0.253 e. The van der Waals surface area contributed by atoms with Crippen molar-refractivity contribution in [2.24, 2.45) is 0 Å². The molecule has 0 heterocycles. The summed E-state index contributed by atoms with van der Waals surface area (Å²) in [5, 5.41) is -0.436. The number of ketones is 1. The highest BCUT2D eigenvalue weighted by molar-refractivity contribution is 6.68. The van der Waals surface area contributed by atoms with Crippen molar-refractivity contribution in [3.05, 3.63) is 70.0 Å². The highest BCUT2D eigenvalue weighted by Gasteiger charge is 2.17. The molecule has 96 valence electrons. The summed E-state index contributed by atoms with van der Waals surface area (Å²) in [6, 6.07) is 9.22. The van der Waals surface area contributed by atoms with Gasteiger partial charge in [0.25, 0.3) is 5.24 Å². The third-order valence-electron chi connectivity index (χ3n) is 2.54. The van der Waals surface area contributed by atoms with Gasteiger partial charge in [-0.05, 0) is 54.1 Å². The van der Waals surface area contributed by atoms with E-state index in [9.17, 15) is 14.0 Å². The molecule has 0 radical (unpaired) electrons. The molecular weight excluding hydrogens is 290 g/mol. The first-order chi connectivity index (χ1) is 8.99. The van der Waals surface area contributed by atoms with Crippen LogP contribution in [0.5, 0.6) is 0 Å². The van der Waals surface area contributed by atoms with Crippen LogP contribution in [0.15, 0.2) is 42.5 Å². The maximum absolute atomic E-state index is 12.8. The van der Waals surface area contributed by atoms with Crippen molar-refractivity contribution in [2.45, 2.75) is 0 Å². The van der Waals surface area contributed by atoms with Crippen LogP contribution in [0.4, 0.5) is 4.39 Å². The molecule has 2 rings (SSSR count). The zero-order chi connectivity index (χ0) is 14.0. The van der Waals surface area contributed by atoms with Crippen molar-refractivity contribution in [1.82, 2.24) is 0 Å². The summed E-state index contributed by atoms with van der Waals surface area (Å²) in [7, 11) is 0. The molecule has 0 atom stereocenters. The van der Waals surface area contributed by atoms with Crippen LogP contribution < -0.4 is 0 Å². The first-order valence-electron chi connectivity index (χ1n) is 5.28. The van der Waals surface area contributed by atoms with Gasteiger partial charge in [0.1, 0.15) is 5.82 Å². The average molecular weight is 297 g/mol. The van der Waals surface area contributed by atoms with Gasteiger partial charge >= 0.3 is 0 Å². The minimum absolute atomic E-state index is 0.0698. The van der Waals surface area contributed by atoms with Crippen molar-refractivity contribution < 1.29 is 14.0 Å². The Hall–Kier alpha value is -1.71. The van der Waals surface area contributed by atoms with E-state index in [-0.39, 0.29) is 16.7 Å². The lowest BCUT2D eigenvalue weighted by molar-refractivity contribution is 0.102. The van der Waals surface area contributed by atoms with Crippen molar-refractivity contribution in [1.29, 1.82) is 0 Å². The number of carbonyl (C=O) groups excluding carboxylic acids is 2. The van der Waals surface area contributed by atoms with E-state index in [0.717, 1.165) is 0 Å². The van der Waals surface area contributed by atoms with Gasteiger partial charge in [-0.15, -0.1) is 0 Å². The Balaban J connectivity index is 2.51. The molecule has 0 aliphatic heterocycles. The lowest BCUT2D eigenvalue weighted by atomic mass is 9.99. The van der Waals surface area contributed by atoms with E-state index in [4.69, 9.17) is 23.2 Å². The molecular formula is C14H7Cl2FO2. The Bertz CT molecular complexity index is 651. The summed E-state index contributed by atoms with van der Waals surface area (Å²) >= 11 is 11.2. The van der Waals surface area contributed by atoms with Crippen LogP contribution in [-0.4, -0.2) is 11.0 Å². The van der Waals surface area contributed by atoms with Crippen LogP contribution in [0.2, 0.25) is 5.02 Å². The van der Waals surface area contributed by atoms with Crippen molar-refractivity contribution in [3.63, 3.8) is 0 Å². The van der Waals surface area contributed by atoms with Crippen LogP contribution in [0.1, 0.15) is 26.3 Å². The van der Waals surface area contributed by atoms with Crippen molar-refractivity contribution in [2.75, 3.05) is 0 Å². The summed E-state index contributed by atoms with van der Waals surface area (Å²) in [6.07, 6.45) is 0. The number of benzene rings is 2. The Kier molecular flexibility index (Phi) is 3.98. The van der Waals surface area contributed by atoms with E-state index in [1.807, 2.05) is 0 Å². The molecule has 2 nitrogen and oxygen atoms in total. The molecule has 0 N–H and O–H groups in total. The van der Waals surface area contributed by atoms with Gasteiger partial charge in [0.05, 0.1) is 0 Å². The minimum Gasteiger partial charge on any atom is -0.289 e. The molecule has 0 aliphatic rings. The van der Waals surface area contributed by atoms with E-state index >= 15 is 0 Å². The van der Waals surface area contributed by atoms with Gasteiger partial charge in [-0.25, -0.2) is 4.39 Å². The molecule has 0 spiro atoms. The smallest absolute Gasteiger partial charge is 0.253 e. The van der Waals surface area contributed by atoms with Crippen molar-refractivity contribution in [3.8, 4) is 0 Å².